The molecule has 3 N–H and O–H groups in total. The zero-order valence-electron chi connectivity index (χ0n) is 8.07. The Kier molecular flexibility index (Phi) is 2.01. The molecule has 0 amide bonds. The van der Waals surface area contributed by atoms with E-state index in [2.05, 4.69) is 33.0 Å². The quantitative estimate of drug-likeness (QED) is 0.597. The molecule has 1 saturated heterocycles. The van der Waals surface area contributed by atoms with Crippen molar-refractivity contribution in [3.8, 4) is 0 Å². The number of hydrogen-bond acceptors (Lipinski definition) is 2. The third kappa shape index (κ3) is 1.74. The summed E-state index contributed by atoms with van der Waals surface area (Å²) in [5.74, 6) is 0.623. The van der Waals surface area contributed by atoms with Crippen molar-refractivity contribution in [1.82, 2.24) is 5.32 Å². The van der Waals surface area contributed by atoms with Gasteiger partial charge in [0.15, 0.2) is 0 Å². The highest BCUT2D eigenvalue weighted by Gasteiger charge is 2.42. The summed E-state index contributed by atoms with van der Waals surface area (Å²) in [6.07, 6.45) is 1.19. The SMILES string of the molecule is CC1(C)C[C@H](CN)C(C)(C)N1. The average molecular weight is 156 g/mol. The van der Waals surface area contributed by atoms with E-state index < -0.39 is 0 Å². The van der Waals surface area contributed by atoms with Gasteiger partial charge in [0.05, 0.1) is 0 Å². The van der Waals surface area contributed by atoms with Crippen LogP contribution in [0, 0.1) is 5.92 Å². The predicted molar refractivity (Wildman–Crippen MR) is 48.5 cm³/mol. The van der Waals surface area contributed by atoms with Crippen molar-refractivity contribution in [3.05, 3.63) is 0 Å². The van der Waals surface area contributed by atoms with Crippen LogP contribution in [0.5, 0.6) is 0 Å². The Morgan fingerprint density at radius 2 is 1.91 bits per heavy atom. The minimum atomic E-state index is 0.220. The summed E-state index contributed by atoms with van der Waals surface area (Å²) in [5, 5.41) is 3.59. The van der Waals surface area contributed by atoms with Crippen LogP contribution in [0.3, 0.4) is 0 Å². The van der Waals surface area contributed by atoms with Gasteiger partial charge < -0.3 is 11.1 Å². The first-order valence-electron chi connectivity index (χ1n) is 4.37. The fourth-order valence-electron chi connectivity index (χ4n) is 2.27. The largest absolute Gasteiger partial charge is 0.330 e. The van der Waals surface area contributed by atoms with Crippen LogP contribution in [0.25, 0.3) is 0 Å². The van der Waals surface area contributed by atoms with Crippen molar-refractivity contribution in [2.75, 3.05) is 6.54 Å². The summed E-state index contributed by atoms with van der Waals surface area (Å²) in [5.41, 5.74) is 6.18. The molecule has 0 aromatic carbocycles. The van der Waals surface area contributed by atoms with Crippen LogP contribution in [0.4, 0.5) is 0 Å². The van der Waals surface area contributed by atoms with Crippen molar-refractivity contribution in [3.63, 3.8) is 0 Å². The molecule has 1 rings (SSSR count). The Hall–Kier alpha value is -0.0800. The van der Waals surface area contributed by atoms with Crippen LogP contribution in [0.1, 0.15) is 34.1 Å². The zero-order valence-corrected chi connectivity index (χ0v) is 8.07. The summed E-state index contributed by atoms with van der Waals surface area (Å²) in [6, 6.07) is 0. The first-order valence-corrected chi connectivity index (χ1v) is 4.37. The van der Waals surface area contributed by atoms with Gasteiger partial charge in [-0.1, -0.05) is 0 Å². The summed E-state index contributed by atoms with van der Waals surface area (Å²) >= 11 is 0. The van der Waals surface area contributed by atoms with Gasteiger partial charge in [-0.05, 0) is 46.6 Å². The maximum atomic E-state index is 5.69. The van der Waals surface area contributed by atoms with Crippen molar-refractivity contribution in [1.29, 1.82) is 0 Å². The van der Waals surface area contributed by atoms with Crippen LogP contribution in [0.15, 0.2) is 0 Å². The lowest BCUT2D eigenvalue weighted by atomic mass is 9.87. The molecule has 2 nitrogen and oxygen atoms in total. The van der Waals surface area contributed by atoms with E-state index in [9.17, 15) is 0 Å². The van der Waals surface area contributed by atoms with Crippen LogP contribution in [-0.4, -0.2) is 17.6 Å². The molecule has 0 unspecified atom stereocenters. The van der Waals surface area contributed by atoms with Gasteiger partial charge in [-0.2, -0.15) is 0 Å². The molecule has 11 heavy (non-hydrogen) atoms. The molecule has 0 spiro atoms. The van der Waals surface area contributed by atoms with Crippen molar-refractivity contribution in [2.24, 2.45) is 11.7 Å². The Morgan fingerprint density at radius 3 is 2.09 bits per heavy atom. The van der Waals surface area contributed by atoms with E-state index in [0.717, 1.165) is 6.54 Å². The highest BCUT2D eigenvalue weighted by Crippen LogP contribution is 2.34. The van der Waals surface area contributed by atoms with Gasteiger partial charge in [-0.15, -0.1) is 0 Å². The second kappa shape index (κ2) is 2.46. The van der Waals surface area contributed by atoms with Crippen LogP contribution in [-0.2, 0) is 0 Å². The van der Waals surface area contributed by atoms with Gasteiger partial charge in [0.25, 0.3) is 0 Å². The van der Waals surface area contributed by atoms with Crippen LogP contribution in [0.2, 0.25) is 0 Å². The van der Waals surface area contributed by atoms with Gasteiger partial charge in [0, 0.05) is 11.1 Å². The van der Waals surface area contributed by atoms with Gasteiger partial charge >= 0.3 is 0 Å². The first-order chi connectivity index (χ1) is 4.87. The third-order valence-corrected chi connectivity index (χ3v) is 2.72. The molecule has 2 heteroatoms. The van der Waals surface area contributed by atoms with Crippen molar-refractivity contribution >= 4 is 0 Å². The molecule has 1 atom stereocenters. The molecular weight excluding hydrogens is 136 g/mol. The third-order valence-electron chi connectivity index (χ3n) is 2.72. The Balaban J connectivity index is 2.71. The van der Waals surface area contributed by atoms with E-state index in [-0.39, 0.29) is 11.1 Å². The Bertz CT molecular complexity index is 150. The fourth-order valence-corrected chi connectivity index (χ4v) is 2.27. The standard InChI is InChI=1S/C9H20N2/c1-8(2)5-7(6-10)9(3,4)11-8/h7,11H,5-6,10H2,1-4H3/t7-/m1/s1. The molecule has 66 valence electrons. The second-order valence-corrected chi connectivity index (χ2v) is 4.87. The molecule has 0 aromatic heterocycles. The number of rotatable bonds is 1. The monoisotopic (exact) mass is 156 g/mol. The number of hydrogen-bond donors (Lipinski definition) is 2. The molecule has 0 aromatic rings. The maximum absolute atomic E-state index is 5.69. The van der Waals surface area contributed by atoms with Gasteiger partial charge in [0.1, 0.15) is 0 Å². The summed E-state index contributed by atoms with van der Waals surface area (Å²) in [7, 11) is 0. The zero-order chi connectivity index (χ0) is 8.70. The molecule has 1 aliphatic rings. The van der Waals surface area contributed by atoms with Crippen molar-refractivity contribution < 1.29 is 0 Å². The maximum Gasteiger partial charge on any atom is 0.0170 e. The van der Waals surface area contributed by atoms with E-state index in [1.807, 2.05) is 0 Å². The smallest absolute Gasteiger partial charge is 0.0170 e. The van der Waals surface area contributed by atoms with E-state index >= 15 is 0 Å². The summed E-state index contributed by atoms with van der Waals surface area (Å²) in [6.45, 7) is 9.75. The van der Waals surface area contributed by atoms with Crippen LogP contribution < -0.4 is 11.1 Å². The minimum absolute atomic E-state index is 0.220. The molecule has 0 aliphatic carbocycles. The van der Waals surface area contributed by atoms with Gasteiger partial charge in [0.2, 0.25) is 0 Å². The minimum Gasteiger partial charge on any atom is -0.330 e. The number of nitrogens with one attached hydrogen (secondary N) is 1. The van der Waals surface area contributed by atoms with Crippen molar-refractivity contribution in [2.45, 2.75) is 45.2 Å². The lowest BCUT2D eigenvalue weighted by Crippen LogP contribution is -2.46. The molecule has 0 bridgehead atoms. The van der Waals surface area contributed by atoms with E-state index in [1.54, 1.807) is 0 Å². The summed E-state index contributed by atoms with van der Waals surface area (Å²) in [4.78, 5) is 0. The topological polar surface area (TPSA) is 38.0 Å². The Morgan fingerprint density at radius 1 is 1.36 bits per heavy atom. The second-order valence-electron chi connectivity index (χ2n) is 4.87. The van der Waals surface area contributed by atoms with E-state index in [4.69, 9.17) is 5.73 Å². The lowest BCUT2D eigenvalue weighted by Gasteiger charge is -2.27. The summed E-state index contributed by atoms with van der Waals surface area (Å²) < 4.78 is 0. The lowest BCUT2D eigenvalue weighted by molar-refractivity contribution is 0.326. The normalized spacial score (nSPS) is 34.1. The predicted octanol–water partition coefficient (Wildman–Crippen LogP) is 1.11. The van der Waals surface area contributed by atoms with E-state index in [1.165, 1.54) is 6.42 Å². The highest BCUT2D eigenvalue weighted by atomic mass is 15.1. The highest BCUT2D eigenvalue weighted by molar-refractivity contribution is 5.02. The molecule has 0 radical (unpaired) electrons. The molecule has 0 saturated carbocycles. The molecule has 1 aliphatic heterocycles. The number of nitrogens with two attached hydrogens (primary N) is 1. The Labute approximate surface area is 69.5 Å². The molecular formula is C9H20N2. The average Bonchev–Trinajstić information content (AvgIpc) is 1.99. The first kappa shape index (κ1) is 9.01. The van der Waals surface area contributed by atoms with E-state index in [0.29, 0.717) is 5.92 Å². The molecule has 1 fully saturated rings. The van der Waals surface area contributed by atoms with Crippen LogP contribution >= 0.6 is 0 Å². The van der Waals surface area contributed by atoms with Gasteiger partial charge in [-0.25, -0.2) is 0 Å². The fraction of sp³-hybridized carbons (Fsp3) is 1.00. The molecule has 1 heterocycles. The van der Waals surface area contributed by atoms with Gasteiger partial charge in [-0.3, -0.25) is 0 Å².